The Morgan fingerprint density at radius 3 is 2.28 bits per heavy atom. The van der Waals surface area contributed by atoms with Crippen molar-refractivity contribution < 1.29 is 32.9 Å². The summed E-state index contributed by atoms with van der Waals surface area (Å²) in [6, 6.07) is 9.19. The van der Waals surface area contributed by atoms with E-state index < -0.39 is 42.6 Å². The summed E-state index contributed by atoms with van der Waals surface area (Å²) in [5.74, 6) is -1.31. The van der Waals surface area contributed by atoms with Crippen LogP contribution in [0.5, 0.6) is 5.75 Å². The standard InChI is InChI=1S/C49H52BrFN13O6P/c1-60-27-29(25-55-60)30-22-37(57-49-54-26-33(50)45(59-49)56-36-6-5-35-43(53-13-12-52-35)44(36)71(3,4)69)41(70-2)24-39(30)63-19-17-61(18-20-63)14-9-28-10-15-62(16-11-28)40-23-32-31(21-34(40)51)47(67)64(48(32)68)38-7-8-42(65)58-46(38)66/h5-6,12-13,21-28,38H,7-11,14-20H2,1-4H3,(H,58,65,66)(H2,54,56,57,59). The topological polar surface area (TPSA) is 213 Å². The molecule has 3 N–H and O–H groups in total. The second kappa shape index (κ2) is 19.4. The summed E-state index contributed by atoms with van der Waals surface area (Å²) in [7, 11) is 0.696. The van der Waals surface area contributed by atoms with Crippen LogP contribution in [0.1, 0.15) is 52.8 Å². The zero-order chi connectivity index (χ0) is 49.7. The minimum atomic E-state index is -2.82. The van der Waals surface area contributed by atoms with Gasteiger partial charge in [0.15, 0.2) is 0 Å². The van der Waals surface area contributed by atoms with Crippen LogP contribution in [0.2, 0.25) is 0 Å². The number of rotatable bonds is 13. The van der Waals surface area contributed by atoms with E-state index in [-0.39, 0.29) is 29.7 Å². The summed E-state index contributed by atoms with van der Waals surface area (Å²) in [5, 5.41) is 14.0. The summed E-state index contributed by atoms with van der Waals surface area (Å²) in [4.78, 5) is 76.8. The molecular formula is C49H52BrFN13O6P. The molecule has 1 unspecified atom stereocenters. The Morgan fingerprint density at radius 1 is 0.845 bits per heavy atom. The summed E-state index contributed by atoms with van der Waals surface area (Å²) < 4.78 is 37.6. The zero-order valence-electron chi connectivity index (χ0n) is 39.6. The van der Waals surface area contributed by atoms with Gasteiger partial charge in [-0.25, -0.2) is 9.37 Å². The molecule has 6 aromatic rings. The SMILES string of the molecule is COc1cc(N2CCN(CCC3CCN(c4cc5c(cc4F)C(=O)N(C4CCC(=O)NC4=O)C5=O)CC3)CC2)c(-c2cnn(C)c2)cc1Nc1ncc(Br)c(Nc2ccc3nccnc3c2P(C)(C)=O)n1. The number of ether oxygens (including phenoxy) is 1. The molecule has 4 amide bonds. The highest BCUT2D eigenvalue weighted by Gasteiger charge is 2.45. The second-order valence-corrected chi connectivity index (χ2v) is 22.7. The van der Waals surface area contributed by atoms with Crippen molar-refractivity contribution in [2.45, 2.75) is 38.1 Å². The first-order valence-electron chi connectivity index (χ1n) is 23.5. The molecule has 0 saturated carbocycles. The Balaban J connectivity index is 0.784. The number of aromatic nitrogens is 6. The number of imide groups is 2. The van der Waals surface area contributed by atoms with Gasteiger partial charge in [-0.2, -0.15) is 10.1 Å². The van der Waals surface area contributed by atoms with Gasteiger partial charge in [0.05, 0.1) is 56.8 Å². The number of carbonyl (C=O) groups excluding carboxylic acids is 4. The van der Waals surface area contributed by atoms with Gasteiger partial charge in [-0.15, -0.1) is 0 Å². The number of nitrogens with one attached hydrogen (secondary N) is 3. The molecule has 0 aliphatic carbocycles. The quantitative estimate of drug-likeness (QED) is 0.0856. The van der Waals surface area contributed by atoms with Crippen molar-refractivity contribution in [3.8, 4) is 16.9 Å². The van der Waals surface area contributed by atoms with Crippen molar-refractivity contribution in [3.63, 3.8) is 0 Å². The third-order valence-corrected chi connectivity index (χ3v) is 15.9. The van der Waals surface area contributed by atoms with Crippen molar-refractivity contribution >= 4 is 97.6 Å². The fourth-order valence-electron chi connectivity index (χ4n) is 10.1. The molecular weight excluding hydrogens is 996 g/mol. The van der Waals surface area contributed by atoms with E-state index in [2.05, 4.69) is 61.7 Å². The molecule has 0 spiro atoms. The maximum atomic E-state index is 15.6. The number of carbonyl (C=O) groups is 4. The van der Waals surface area contributed by atoms with Crippen LogP contribution in [0.15, 0.2) is 71.9 Å². The molecule has 71 heavy (non-hydrogen) atoms. The highest BCUT2D eigenvalue weighted by molar-refractivity contribution is 9.10. The van der Waals surface area contributed by atoms with E-state index in [1.807, 2.05) is 48.6 Å². The average Bonchev–Trinajstić information content (AvgIpc) is 3.89. The molecule has 7 heterocycles. The Bertz CT molecular complexity index is 3170. The lowest BCUT2D eigenvalue weighted by Gasteiger charge is -2.39. The fourth-order valence-corrected chi connectivity index (χ4v) is 11.8. The summed E-state index contributed by atoms with van der Waals surface area (Å²) in [6.07, 6.45) is 11.4. The Labute approximate surface area is 417 Å². The van der Waals surface area contributed by atoms with Crippen molar-refractivity contribution in [1.29, 1.82) is 0 Å². The van der Waals surface area contributed by atoms with E-state index in [1.165, 1.54) is 6.07 Å². The number of hydrogen-bond acceptors (Lipinski definition) is 16. The van der Waals surface area contributed by atoms with Gasteiger partial charge in [0.1, 0.15) is 36.1 Å². The molecule has 1 atom stereocenters. The lowest BCUT2D eigenvalue weighted by Crippen LogP contribution is -2.54. The molecule has 10 rings (SSSR count). The van der Waals surface area contributed by atoms with Gasteiger partial charge in [0.25, 0.3) is 11.8 Å². The molecule has 0 radical (unpaired) electrons. The normalized spacial score (nSPS) is 18.1. The fraction of sp³-hybridized carbons (Fsp3) is 0.367. The molecule has 3 saturated heterocycles. The summed E-state index contributed by atoms with van der Waals surface area (Å²) in [6.45, 7) is 8.84. The van der Waals surface area contributed by atoms with Crippen molar-refractivity contribution in [3.05, 3.63) is 88.8 Å². The number of benzene rings is 3. The van der Waals surface area contributed by atoms with Gasteiger partial charge in [-0.05, 0) is 97.7 Å². The predicted octanol–water partition coefficient (Wildman–Crippen LogP) is 6.30. The first-order valence-corrected chi connectivity index (χ1v) is 26.9. The van der Waals surface area contributed by atoms with Crippen LogP contribution in [-0.4, -0.2) is 135 Å². The predicted molar refractivity (Wildman–Crippen MR) is 271 cm³/mol. The Morgan fingerprint density at radius 2 is 1.58 bits per heavy atom. The van der Waals surface area contributed by atoms with Crippen LogP contribution in [0, 0.1) is 11.7 Å². The maximum absolute atomic E-state index is 15.6. The number of piperazine rings is 1. The Kier molecular flexibility index (Phi) is 13.1. The molecule has 3 aromatic heterocycles. The maximum Gasteiger partial charge on any atom is 0.262 e. The third kappa shape index (κ3) is 9.57. The van der Waals surface area contributed by atoms with E-state index in [1.54, 1.807) is 43.7 Å². The monoisotopic (exact) mass is 1050 g/mol. The molecule has 4 aliphatic heterocycles. The van der Waals surface area contributed by atoms with Gasteiger partial charge < -0.3 is 29.7 Å². The van der Waals surface area contributed by atoms with E-state index in [0.717, 1.165) is 79.8 Å². The highest BCUT2D eigenvalue weighted by atomic mass is 79.9. The van der Waals surface area contributed by atoms with Crippen LogP contribution in [0.25, 0.3) is 22.2 Å². The van der Waals surface area contributed by atoms with Crippen LogP contribution < -0.4 is 35.8 Å². The van der Waals surface area contributed by atoms with Crippen LogP contribution >= 0.6 is 23.1 Å². The van der Waals surface area contributed by atoms with Gasteiger partial charge >= 0.3 is 0 Å². The minimum Gasteiger partial charge on any atom is -0.494 e. The number of aryl methyl sites for hydroxylation is 1. The van der Waals surface area contributed by atoms with E-state index >= 15 is 4.39 Å². The molecule has 22 heteroatoms. The van der Waals surface area contributed by atoms with Gasteiger partial charge in [0, 0.05) is 100 Å². The van der Waals surface area contributed by atoms with Crippen molar-refractivity contribution in [2.75, 3.05) is 86.7 Å². The van der Waals surface area contributed by atoms with Crippen molar-refractivity contribution in [1.82, 2.24) is 44.8 Å². The number of anilines is 6. The van der Waals surface area contributed by atoms with Crippen LogP contribution in [-0.2, 0) is 21.2 Å². The zero-order valence-corrected chi connectivity index (χ0v) is 42.1. The first kappa shape index (κ1) is 47.8. The van der Waals surface area contributed by atoms with Crippen molar-refractivity contribution in [2.24, 2.45) is 13.0 Å². The smallest absolute Gasteiger partial charge is 0.262 e. The lowest BCUT2D eigenvalue weighted by atomic mass is 9.92. The van der Waals surface area contributed by atoms with Gasteiger partial charge in [-0.1, -0.05) is 0 Å². The Hall–Kier alpha value is -6.83. The van der Waals surface area contributed by atoms with E-state index in [4.69, 9.17) is 9.72 Å². The first-order chi connectivity index (χ1) is 34.1. The lowest BCUT2D eigenvalue weighted by molar-refractivity contribution is -0.136. The number of amides is 4. The van der Waals surface area contributed by atoms with E-state index in [0.29, 0.717) is 68.7 Å². The summed E-state index contributed by atoms with van der Waals surface area (Å²) in [5.41, 5.74) is 5.66. The molecule has 368 valence electrons. The number of methoxy groups -OCH3 is 1. The molecule has 3 aromatic carbocycles. The minimum absolute atomic E-state index is 0.0110. The third-order valence-electron chi connectivity index (χ3n) is 13.8. The van der Waals surface area contributed by atoms with Gasteiger partial charge in [-0.3, -0.25) is 48.9 Å². The number of nitrogens with zero attached hydrogens (tertiary/aromatic N) is 10. The number of fused-ring (bicyclic) bond motifs is 2. The van der Waals surface area contributed by atoms with Crippen LogP contribution in [0.3, 0.4) is 0 Å². The molecule has 3 fully saturated rings. The van der Waals surface area contributed by atoms with Gasteiger partial charge in [0.2, 0.25) is 17.8 Å². The second-order valence-electron chi connectivity index (χ2n) is 18.7. The number of piperidine rings is 2. The number of halogens is 2. The average molecular weight is 1050 g/mol. The highest BCUT2D eigenvalue weighted by Crippen LogP contribution is 2.43. The van der Waals surface area contributed by atoms with Crippen LogP contribution in [0.4, 0.5) is 38.9 Å². The largest absolute Gasteiger partial charge is 0.494 e. The summed E-state index contributed by atoms with van der Waals surface area (Å²) >= 11 is 3.59. The molecule has 19 nitrogen and oxygen atoms in total. The van der Waals surface area contributed by atoms with E-state index in [9.17, 15) is 23.7 Å². The number of hydrogen-bond donors (Lipinski definition) is 3. The molecule has 0 bridgehead atoms. The molecule has 4 aliphatic rings.